The van der Waals surface area contributed by atoms with Gasteiger partial charge in [-0.05, 0) is 12.1 Å². The van der Waals surface area contributed by atoms with E-state index in [-0.39, 0.29) is 36.2 Å². The number of amides is 1. The molecule has 1 fully saturated rings. The first-order chi connectivity index (χ1) is 15.8. The quantitative estimate of drug-likeness (QED) is 0.448. The lowest BCUT2D eigenvalue weighted by molar-refractivity contribution is -0.141. The van der Waals surface area contributed by atoms with Crippen LogP contribution in [-0.4, -0.2) is 71.1 Å². The predicted molar refractivity (Wildman–Crippen MR) is 114 cm³/mol. The van der Waals surface area contributed by atoms with Gasteiger partial charge in [-0.25, -0.2) is 10.1 Å². The summed E-state index contributed by atoms with van der Waals surface area (Å²) < 4.78 is 44.4. The van der Waals surface area contributed by atoms with Crippen molar-refractivity contribution in [1.29, 1.82) is 5.26 Å². The van der Waals surface area contributed by atoms with Gasteiger partial charge in [0.15, 0.2) is 0 Å². The second kappa shape index (κ2) is 11.2. The average molecular weight is 482 g/mol. The number of H-pyrrole nitrogens is 1. The molecule has 176 valence electrons. The molecule has 1 aliphatic rings. The van der Waals surface area contributed by atoms with Gasteiger partial charge in [-0.1, -0.05) is 0 Å². The molecule has 0 aromatic carbocycles. The number of halogens is 3. The van der Waals surface area contributed by atoms with Crippen molar-refractivity contribution in [2.45, 2.75) is 17.5 Å². The monoisotopic (exact) mass is 482 g/mol. The van der Waals surface area contributed by atoms with E-state index in [2.05, 4.69) is 10.1 Å². The van der Waals surface area contributed by atoms with E-state index in [1.807, 2.05) is 11.0 Å². The first-order valence-corrected chi connectivity index (χ1v) is 11.0. The Morgan fingerprint density at radius 1 is 1.21 bits per heavy atom. The number of nitrogens with one attached hydrogen (secondary N) is 1. The molecule has 0 spiro atoms. The smallest absolute Gasteiger partial charge is 0.380 e. The number of carbonyl (C=O) groups excluding carboxylic acids is 1. The van der Waals surface area contributed by atoms with E-state index in [0.29, 0.717) is 31.7 Å². The largest absolute Gasteiger partial charge is 0.422 e. The Balaban J connectivity index is 1.35. The van der Waals surface area contributed by atoms with Gasteiger partial charge in [0.05, 0.1) is 31.4 Å². The third-order valence-electron chi connectivity index (χ3n) is 4.88. The molecular formula is C20H21F3N6O3S. The molecule has 1 N–H and O–H groups in total. The Bertz CT molecular complexity index is 1050. The van der Waals surface area contributed by atoms with Crippen molar-refractivity contribution in [3.63, 3.8) is 0 Å². The molecule has 1 saturated heterocycles. The van der Waals surface area contributed by atoms with Gasteiger partial charge in [0.25, 0.3) is 5.56 Å². The Morgan fingerprint density at radius 3 is 2.61 bits per heavy atom. The number of thioether (sulfide) groups is 1. The molecule has 0 saturated carbocycles. The van der Waals surface area contributed by atoms with Crippen LogP contribution >= 0.6 is 11.8 Å². The molecule has 0 aliphatic carbocycles. The van der Waals surface area contributed by atoms with Gasteiger partial charge in [-0.2, -0.15) is 23.5 Å². The van der Waals surface area contributed by atoms with Gasteiger partial charge >= 0.3 is 6.18 Å². The summed E-state index contributed by atoms with van der Waals surface area (Å²) in [6, 6.07) is 5.50. The Hall–Kier alpha value is -3.11. The second-order valence-corrected chi connectivity index (χ2v) is 8.17. The molecule has 0 radical (unpaired) electrons. The summed E-state index contributed by atoms with van der Waals surface area (Å²) in [5, 5.41) is 14.0. The van der Waals surface area contributed by atoms with Gasteiger partial charge in [-0.3, -0.25) is 9.59 Å². The molecule has 2 aromatic heterocycles. The van der Waals surface area contributed by atoms with Crippen molar-refractivity contribution in [1.82, 2.24) is 20.1 Å². The first kappa shape index (κ1) is 24.5. The number of pyridine rings is 1. The number of nitriles is 1. The minimum Gasteiger partial charge on any atom is -0.380 e. The highest BCUT2D eigenvalue weighted by Gasteiger charge is 2.37. The zero-order valence-corrected chi connectivity index (χ0v) is 18.3. The summed E-state index contributed by atoms with van der Waals surface area (Å²) in [5.74, 6) is 0.873. The number of piperazine rings is 1. The number of aromatic amines is 1. The Morgan fingerprint density at radius 2 is 1.97 bits per heavy atom. The summed E-state index contributed by atoms with van der Waals surface area (Å²) in [4.78, 5) is 31.6. The number of aromatic nitrogens is 3. The van der Waals surface area contributed by atoms with Crippen LogP contribution in [0.2, 0.25) is 0 Å². The number of nitrogens with zero attached hydrogens (tertiary/aromatic N) is 5. The minimum absolute atomic E-state index is 0.0618. The van der Waals surface area contributed by atoms with Crippen molar-refractivity contribution in [3.05, 3.63) is 46.0 Å². The molecule has 0 atom stereocenters. The van der Waals surface area contributed by atoms with Gasteiger partial charge in [-0.15, -0.1) is 11.8 Å². The van der Waals surface area contributed by atoms with E-state index in [9.17, 15) is 22.8 Å². The zero-order chi connectivity index (χ0) is 23.8. The van der Waals surface area contributed by atoms with Crippen molar-refractivity contribution in [3.8, 4) is 6.07 Å². The van der Waals surface area contributed by atoms with Crippen LogP contribution in [-0.2, 0) is 15.7 Å². The van der Waals surface area contributed by atoms with Crippen LogP contribution in [0.5, 0.6) is 0 Å². The van der Waals surface area contributed by atoms with Crippen molar-refractivity contribution < 1.29 is 22.7 Å². The number of ether oxygens (including phenoxy) is 1. The molecule has 0 bridgehead atoms. The van der Waals surface area contributed by atoms with E-state index in [1.165, 1.54) is 6.20 Å². The van der Waals surface area contributed by atoms with Gasteiger partial charge in [0.1, 0.15) is 17.5 Å². The van der Waals surface area contributed by atoms with Gasteiger partial charge < -0.3 is 14.5 Å². The van der Waals surface area contributed by atoms with Gasteiger partial charge in [0.2, 0.25) is 5.91 Å². The molecule has 33 heavy (non-hydrogen) atoms. The van der Waals surface area contributed by atoms with Crippen molar-refractivity contribution in [2.24, 2.45) is 0 Å². The normalized spacial score (nSPS) is 14.2. The van der Waals surface area contributed by atoms with E-state index < -0.39 is 17.3 Å². The standard InChI is InChI=1S/C20H21F3N6O3S/c21-20(22,23)18-15(13-26-27-19(18)31)33-10-9-32-8-3-17(30)29-6-4-28(5-7-29)16-2-1-14(11-24)12-25-16/h1-2,12-13H,3-10H2,(H,27,31). The molecule has 3 rings (SSSR count). The summed E-state index contributed by atoms with van der Waals surface area (Å²) in [7, 11) is 0. The van der Waals surface area contributed by atoms with Gasteiger partial charge in [0, 0.05) is 43.0 Å². The molecule has 13 heteroatoms. The Kier molecular flexibility index (Phi) is 8.29. The van der Waals surface area contributed by atoms with E-state index in [1.54, 1.807) is 22.1 Å². The molecule has 9 nitrogen and oxygen atoms in total. The zero-order valence-electron chi connectivity index (χ0n) is 17.5. The predicted octanol–water partition coefficient (Wildman–Crippen LogP) is 1.90. The highest BCUT2D eigenvalue weighted by atomic mass is 32.2. The fourth-order valence-electron chi connectivity index (χ4n) is 3.21. The van der Waals surface area contributed by atoms with Crippen molar-refractivity contribution >= 4 is 23.5 Å². The third kappa shape index (κ3) is 6.69. The number of carbonyl (C=O) groups is 1. The highest BCUT2D eigenvalue weighted by Crippen LogP contribution is 2.33. The highest BCUT2D eigenvalue weighted by molar-refractivity contribution is 7.99. The number of rotatable bonds is 8. The maximum absolute atomic E-state index is 13.0. The molecule has 2 aromatic rings. The third-order valence-corrected chi connectivity index (χ3v) is 5.88. The van der Waals surface area contributed by atoms with Crippen LogP contribution < -0.4 is 10.5 Å². The SMILES string of the molecule is N#Cc1ccc(N2CCN(C(=O)CCOCCSc3cn[nH]c(=O)c3C(F)(F)F)CC2)nc1. The van der Waals surface area contributed by atoms with Crippen LogP contribution in [0.3, 0.4) is 0 Å². The summed E-state index contributed by atoms with van der Waals surface area (Å²) >= 11 is 0.823. The van der Waals surface area contributed by atoms with Crippen molar-refractivity contribution in [2.75, 3.05) is 50.0 Å². The summed E-state index contributed by atoms with van der Waals surface area (Å²) in [5.41, 5.74) is -2.07. The van der Waals surface area contributed by atoms with Crippen LogP contribution in [0.15, 0.2) is 34.2 Å². The van der Waals surface area contributed by atoms with E-state index >= 15 is 0 Å². The summed E-state index contributed by atoms with van der Waals surface area (Å²) in [6.45, 7) is 2.58. The number of anilines is 1. The molecular weight excluding hydrogens is 461 g/mol. The van der Waals surface area contributed by atoms with Crippen LogP contribution in [0.4, 0.5) is 19.0 Å². The van der Waals surface area contributed by atoms with Crippen LogP contribution in [0.25, 0.3) is 0 Å². The lowest BCUT2D eigenvalue weighted by Gasteiger charge is -2.35. The lowest BCUT2D eigenvalue weighted by atomic mass is 10.2. The van der Waals surface area contributed by atoms with E-state index in [0.717, 1.165) is 23.8 Å². The first-order valence-electron chi connectivity index (χ1n) is 10.0. The molecule has 1 aliphatic heterocycles. The molecule has 1 amide bonds. The topological polar surface area (TPSA) is 115 Å². The summed E-state index contributed by atoms with van der Waals surface area (Å²) in [6.07, 6.45) is -2.13. The minimum atomic E-state index is -4.77. The lowest BCUT2D eigenvalue weighted by Crippen LogP contribution is -2.49. The molecule has 0 unspecified atom stereocenters. The average Bonchev–Trinajstić information content (AvgIpc) is 2.80. The number of hydrogen-bond acceptors (Lipinski definition) is 8. The van der Waals surface area contributed by atoms with E-state index in [4.69, 9.17) is 10.00 Å². The fourth-order valence-corrected chi connectivity index (χ4v) is 4.12. The molecule has 3 heterocycles. The van der Waals surface area contributed by atoms with Crippen LogP contribution in [0.1, 0.15) is 17.5 Å². The van der Waals surface area contributed by atoms with Crippen LogP contribution in [0, 0.1) is 11.3 Å². The maximum Gasteiger partial charge on any atom is 0.422 e. The second-order valence-electron chi connectivity index (χ2n) is 7.03. The number of alkyl halides is 3. The fraction of sp³-hybridized carbons (Fsp3) is 0.450. The Labute approximate surface area is 191 Å². The maximum atomic E-state index is 13.0. The number of hydrogen-bond donors (Lipinski definition) is 1.